The Kier molecular flexibility index (Phi) is 8.09. The zero-order valence-electron chi connectivity index (χ0n) is 9.53. The molecule has 1 amide bonds. The number of nitrogens with one attached hydrogen (secondary N) is 2. The second kappa shape index (κ2) is 8.78. The number of hydrogen-bond donors (Lipinski definition) is 2. The van der Waals surface area contributed by atoms with Crippen LogP contribution >= 0.6 is 12.4 Å². The zero-order chi connectivity index (χ0) is 11.8. The molecule has 0 fully saturated rings. The first-order chi connectivity index (χ1) is 7.72. The summed E-state index contributed by atoms with van der Waals surface area (Å²) < 4.78 is 17.7. The lowest BCUT2D eigenvalue weighted by Gasteiger charge is -2.06. The van der Waals surface area contributed by atoms with Gasteiger partial charge in [-0.2, -0.15) is 0 Å². The summed E-state index contributed by atoms with van der Waals surface area (Å²) >= 11 is 0. The Hall–Kier alpha value is -1.33. The number of carbonyl (C=O) groups is 1. The molecule has 0 aromatic heterocycles. The average Bonchev–Trinajstić information content (AvgIpc) is 2.29. The number of rotatable bonds is 6. The molecule has 6 heteroatoms. The third-order valence-electron chi connectivity index (χ3n) is 1.88. The molecule has 0 saturated heterocycles. The van der Waals surface area contributed by atoms with Crippen LogP contribution in [0.1, 0.15) is 0 Å². The number of amides is 1. The molecule has 0 spiro atoms. The monoisotopic (exact) mass is 262 g/mol. The molecule has 17 heavy (non-hydrogen) atoms. The topological polar surface area (TPSA) is 50.4 Å². The van der Waals surface area contributed by atoms with E-state index in [0.29, 0.717) is 18.8 Å². The van der Waals surface area contributed by atoms with Gasteiger partial charge in [0.1, 0.15) is 11.6 Å². The summed E-state index contributed by atoms with van der Waals surface area (Å²) in [6.07, 6.45) is 0. The van der Waals surface area contributed by atoms with E-state index in [9.17, 15) is 9.18 Å². The van der Waals surface area contributed by atoms with Crippen LogP contribution in [-0.4, -0.2) is 32.7 Å². The summed E-state index contributed by atoms with van der Waals surface area (Å²) in [7, 11) is 1.81. The minimum atomic E-state index is -0.328. The lowest BCUT2D eigenvalue weighted by Crippen LogP contribution is -2.33. The molecule has 96 valence electrons. The molecule has 2 N–H and O–H groups in total. The standard InChI is InChI=1S/C11H15FN2O2.ClH/c1-13-6-7-14-11(15)8-16-10-4-2-9(12)3-5-10;/h2-5,13H,6-8H2,1H3,(H,14,15);1H. The van der Waals surface area contributed by atoms with E-state index in [1.807, 2.05) is 0 Å². The van der Waals surface area contributed by atoms with Gasteiger partial charge in [-0.1, -0.05) is 0 Å². The third kappa shape index (κ3) is 6.76. The van der Waals surface area contributed by atoms with Gasteiger partial charge in [-0.3, -0.25) is 4.79 Å². The molecule has 0 aliphatic heterocycles. The molecule has 4 nitrogen and oxygen atoms in total. The van der Waals surface area contributed by atoms with Crippen molar-refractivity contribution in [3.8, 4) is 5.75 Å². The van der Waals surface area contributed by atoms with Gasteiger partial charge in [0.15, 0.2) is 6.61 Å². The van der Waals surface area contributed by atoms with Crippen molar-refractivity contribution >= 4 is 18.3 Å². The van der Waals surface area contributed by atoms with Gasteiger partial charge in [0.2, 0.25) is 0 Å². The normalized spacial score (nSPS) is 9.29. The number of halogens is 2. The average molecular weight is 263 g/mol. The van der Waals surface area contributed by atoms with Crippen molar-refractivity contribution in [3.05, 3.63) is 30.1 Å². The molecular weight excluding hydrogens is 247 g/mol. The molecule has 0 heterocycles. The van der Waals surface area contributed by atoms with Crippen molar-refractivity contribution in [2.45, 2.75) is 0 Å². The first-order valence-electron chi connectivity index (χ1n) is 5.02. The number of likely N-dealkylation sites (N-methyl/N-ethyl adjacent to an activating group) is 1. The maximum absolute atomic E-state index is 12.5. The molecule has 1 rings (SSSR count). The van der Waals surface area contributed by atoms with Crippen molar-refractivity contribution in [2.75, 3.05) is 26.7 Å². The van der Waals surface area contributed by atoms with E-state index in [-0.39, 0.29) is 30.7 Å². The van der Waals surface area contributed by atoms with Crippen molar-refractivity contribution in [2.24, 2.45) is 0 Å². The molecule has 0 aliphatic carbocycles. The summed E-state index contributed by atoms with van der Waals surface area (Å²) in [5.41, 5.74) is 0. The Labute approximate surface area is 106 Å². The maximum atomic E-state index is 12.5. The fourth-order valence-electron chi connectivity index (χ4n) is 1.06. The van der Waals surface area contributed by atoms with Gasteiger partial charge in [-0.15, -0.1) is 12.4 Å². The number of carbonyl (C=O) groups excluding carboxylic acids is 1. The van der Waals surface area contributed by atoms with Crippen LogP contribution in [0.25, 0.3) is 0 Å². The van der Waals surface area contributed by atoms with Crippen LogP contribution in [0, 0.1) is 5.82 Å². The highest BCUT2D eigenvalue weighted by Gasteiger charge is 2.01. The minimum Gasteiger partial charge on any atom is -0.484 e. The first-order valence-corrected chi connectivity index (χ1v) is 5.02. The predicted molar refractivity (Wildman–Crippen MR) is 66.1 cm³/mol. The Balaban J connectivity index is 0.00000256. The molecule has 0 atom stereocenters. The third-order valence-corrected chi connectivity index (χ3v) is 1.88. The number of ether oxygens (including phenoxy) is 1. The molecule has 0 bridgehead atoms. The van der Waals surface area contributed by atoms with Gasteiger partial charge in [0, 0.05) is 13.1 Å². The van der Waals surface area contributed by atoms with Crippen LogP contribution in [0.2, 0.25) is 0 Å². The number of hydrogen-bond acceptors (Lipinski definition) is 3. The highest BCUT2D eigenvalue weighted by Crippen LogP contribution is 2.10. The second-order valence-electron chi connectivity index (χ2n) is 3.20. The van der Waals surface area contributed by atoms with E-state index in [1.54, 1.807) is 7.05 Å². The van der Waals surface area contributed by atoms with E-state index in [1.165, 1.54) is 24.3 Å². The summed E-state index contributed by atoms with van der Waals surface area (Å²) in [5.74, 6) is -0.0458. The highest BCUT2D eigenvalue weighted by atomic mass is 35.5. The van der Waals surface area contributed by atoms with Gasteiger partial charge >= 0.3 is 0 Å². The predicted octanol–water partition coefficient (Wildman–Crippen LogP) is 0.962. The Morgan fingerprint density at radius 3 is 2.53 bits per heavy atom. The Morgan fingerprint density at radius 1 is 1.29 bits per heavy atom. The highest BCUT2D eigenvalue weighted by molar-refractivity contribution is 5.85. The fourth-order valence-corrected chi connectivity index (χ4v) is 1.06. The molecule has 0 aliphatic rings. The summed E-state index contributed by atoms with van der Waals surface area (Å²) in [4.78, 5) is 11.2. The summed E-state index contributed by atoms with van der Waals surface area (Å²) in [6.45, 7) is 1.21. The van der Waals surface area contributed by atoms with E-state index >= 15 is 0 Å². The molecule has 1 aromatic rings. The second-order valence-corrected chi connectivity index (χ2v) is 3.20. The van der Waals surface area contributed by atoms with Crippen LogP contribution in [0.15, 0.2) is 24.3 Å². The minimum absolute atomic E-state index is 0. The largest absolute Gasteiger partial charge is 0.484 e. The smallest absolute Gasteiger partial charge is 0.257 e. The molecule has 0 radical (unpaired) electrons. The molecule has 0 saturated carbocycles. The van der Waals surface area contributed by atoms with Gasteiger partial charge in [-0.05, 0) is 31.3 Å². The number of benzene rings is 1. The Morgan fingerprint density at radius 2 is 1.94 bits per heavy atom. The molecular formula is C11H16ClFN2O2. The van der Waals surface area contributed by atoms with Crippen molar-refractivity contribution in [1.29, 1.82) is 0 Å². The molecule has 1 aromatic carbocycles. The van der Waals surface area contributed by atoms with Gasteiger partial charge in [0.25, 0.3) is 5.91 Å². The van der Waals surface area contributed by atoms with Gasteiger partial charge < -0.3 is 15.4 Å². The summed E-state index contributed by atoms with van der Waals surface area (Å²) in [5, 5.41) is 5.57. The Bertz CT molecular complexity index is 333. The van der Waals surface area contributed by atoms with Crippen LogP contribution in [0.5, 0.6) is 5.75 Å². The SMILES string of the molecule is CNCCNC(=O)COc1ccc(F)cc1.Cl. The lowest BCUT2D eigenvalue weighted by molar-refractivity contribution is -0.123. The van der Waals surface area contributed by atoms with E-state index in [2.05, 4.69) is 10.6 Å². The van der Waals surface area contributed by atoms with E-state index in [0.717, 1.165) is 0 Å². The first kappa shape index (κ1) is 15.7. The van der Waals surface area contributed by atoms with E-state index in [4.69, 9.17) is 4.74 Å². The maximum Gasteiger partial charge on any atom is 0.257 e. The van der Waals surface area contributed by atoms with E-state index < -0.39 is 0 Å². The zero-order valence-corrected chi connectivity index (χ0v) is 10.3. The fraction of sp³-hybridized carbons (Fsp3) is 0.364. The summed E-state index contributed by atoms with van der Waals surface area (Å²) in [6, 6.07) is 5.54. The van der Waals surface area contributed by atoms with Gasteiger partial charge in [-0.25, -0.2) is 4.39 Å². The quantitative estimate of drug-likeness (QED) is 0.751. The van der Waals surface area contributed by atoms with Crippen LogP contribution in [-0.2, 0) is 4.79 Å². The lowest BCUT2D eigenvalue weighted by atomic mass is 10.3. The van der Waals surface area contributed by atoms with Crippen molar-refractivity contribution in [1.82, 2.24) is 10.6 Å². The van der Waals surface area contributed by atoms with Crippen molar-refractivity contribution in [3.63, 3.8) is 0 Å². The molecule has 0 unspecified atom stereocenters. The van der Waals surface area contributed by atoms with Crippen molar-refractivity contribution < 1.29 is 13.9 Å². The van der Waals surface area contributed by atoms with Crippen LogP contribution in [0.4, 0.5) is 4.39 Å². The van der Waals surface area contributed by atoms with Gasteiger partial charge in [0.05, 0.1) is 0 Å². The van der Waals surface area contributed by atoms with Crippen LogP contribution in [0.3, 0.4) is 0 Å². The van der Waals surface area contributed by atoms with Crippen LogP contribution < -0.4 is 15.4 Å².